The van der Waals surface area contributed by atoms with Gasteiger partial charge in [-0.1, -0.05) is 19.1 Å². The van der Waals surface area contributed by atoms with Gasteiger partial charge in [0.25, 0.3) is 0 Å². The van der Waals surface area contributed by atoms with Crippen LogP contribution in [0.5, 0.6) is 0 Å². The molecule has 0 amide bonds. The summed E-state index contributed by atoms with van der Waals surface area (Å²) in [7, 11) is 0. The van der Waals surface area contributed by atoms with Crippen molar-refractivity contribution < 1.29 is 4.79 Å². The Labute approximate surface area is 93.7 Å². The molecule has 1 N–H and O–H groups in total. The van der Waals surface area contributed by atoms with Crippen LogP contribution in [0.25, 0.3) is 10.9 Å². The summed E-state index contributed by atoms with van der Waals surface area (Å²) in [6.45, 7) is 1.97. The van der Waals surface area contributed by atoms with Crippen LogP contribution >= 0.6 is 0 Å². The summed E-state index contributed by atoms with van der Waals surface area (Å²) in [6.07, 6.45) is 1.37. The van der Waals surface area contributed by atoms with Gasteiger partial charge < -0.3 is 4.98 Å². The van der Waals surface area contributed by atoms with Crippen LogP contribution in [0, 0.1) is 11.3 Å². The van der Waals surface area contributed by atoms with E-state index in [0.29, 0.717) is 17.7 Å². The van der Waals surface area contributed by atoms with Crippen molar-refractivity contribution in [2.75, 3.05) is 0 Å². The van der Waals surface area contributed by atoms with E-state index in [2.05, 4.69) is 11.1 Å². The molecule has 0 atom stereocenters. The summed E-state index contributed by atoms with van der Waals surface area (Å²) in [5.74, 6) is 0.0996. The van der Waals surface area contributed by atoms with Crippen molar-refractivity contribution in [3.05, 3.63) is 35.5 Å². The zero-order chi connectivity index (χ0) is 11.5. The van der Waals surface area contributed by atoms with Crippen LogP contribution in [0.2, 0.25) is 0 Å². The Bertz CT molecular complexity index is 575. The fourth-order valence-corrected chi connectivity index (χ4v) is 1.76. The first-order valence-corrected chi connectivity index (χ1v) is 5.31. The van der Waals surface area contributed by atoms with E-state index in [-0.39, 0.29) is 5.78 Å². The molecular formula is C13H12N2O. The van der Waals surface area contributed by atoms with Crippen molar-refractivity contribution in [2.45, 2.75) is 19.8 Å². The van der Waals surface area contributed by atoms with Crippen molar-refractivity contribution in [3.8, 4) is 6.07 Å². The molecule has 80 valence electrons. The number of fused-ring (bicyclic) bond motifs is 1. The third-order valence-corrected chi connectivity index (χ3v) is 2.55. The van der Waals surface area contributed by atoms with Crippen molar-refractivity contribution in [2.24, 2.45) is 0 Å². The van der Waals surface area contributed by atoms with Gasteiger partial charge in [0, 0.05) is 11.8 Å². The minimum atomic E-state index is 0.0996. The molecule has 16 heavy (non-hydrogen) atoms. The Morgan fingerprint density at radius 2 is 2.31 bits per heavy atom. The molecule has 0 aliphatic carbocycles. The van der Waals surface area contributed by atoms with Crippen LogP contribution in [-0.2, 0) is 0 Å². The number of carbonyl (C=O) groups is 1. The molecule has 0 fully saturated rings. The average molecular weight is 212 g/mol. The normalized spacial score (nSPS) is 10.2. The SMILES string of the molecule is CCCC(=O)c1cc2cccc(C#N)c2[nH]1. The smallest absolute Gasteiger partial charge is 0.179 e. The Kier molecular flexibility index (Phi) is 2.74. The number of carbonyl (C=O) groups excluding carboxylic acids is 1. The van der Waals surface area contributed by atoms with Gasteiger partial charge in [0.2, 0.25) is 0 Å². The number of nitrogens with one attached hydrogen (secondary N) is 1. The summed E-state index contributed by atoms with van der Waals surface area (Å²) in [4.78, 5) is 14.7. The molecule has 1 aromatic carbocycles. The molecule has 0 radical (unpaired) electrons. The zero-order valence-electron chi connectivity index (χ0n) is 9.08. The third-order valence-electron chi connectivity index (χ3n) is 2.55. The predicted molar refractivity (Wildman–Crippen MR) is 62.3 cm³/mol. The number of aromatic amines is 1. The summed E-state index contributed by atoms with van der Waals surface area (Å²) in [6, 6.07) is 9.39. The van der Waals surface area contributed by atoms with Gasteiger partial charge in [0.15, 0.2) is 5.78 Å². The Hall–Kier alpha value is -2.08. The molecule has 1 aromatic heterocycles. The molecule has 0 spiro atoms. The third kappa shape index (κ3) is 1.70. The number of rotatable bonds is 3. The Morgan fingerprint density at radius 3 is 3.00 bits per heavy atom. The second-order valence-electron chi connectivity index (χ2n) is 3.74. The molecule has 2 aromatic rings. The van der Waals surface area contributed by atoms with Gasteiger partial charge in [-0.05, 0) is 18.6 Å². The van der Waals surface area contributed by atoms with Crippen molar-refractivity contribution in [1.29, 1.82) is 5.26 Å². The van der Waals surface area contributed by atoms with Gasteiger partial charge in [-0.2, -0.15) is 5.26 Å². The van der Waals surface area contributed by atoms with Gasteiger partial charge in [-0.25, -0.2) is 0 Å². The lowest BCUT2D eigenvalue weighted by Crippen LogP contribution is -1.97. The Morgan fingerprint density at radius 1 is 1.50 bits per heavy atom. The number of nitriles is 1. The van der Waals surface area contributed by atoms with E-state index in [1.807, 2.05) is 25.1 Å². The minimum Gasteiger partial charge on any atom is -0.351 e. The van der Waals surface area contributed by atoms with Crippen LogP contribution in [0.1, 0.15) is 35.8 Å². The number of aromatic nitrogens is 1. The van der Waals surface area contributed by atoms with Crippen molar-refractivity contribution in [1.82, 2.24) is 4.98 Å². The number of benzene rings is 1. The fraction of sp³-hybridized carbons (Fsp3) is 0.231. The summed E-state index contributed by atoms with van der Waals surface area (Å²) in [5.41, 5.74) is 1.93. The van der Waals surface area contributed by atoms with E-state index in [1.54, 1.807) is 6.07 Å². The molecule has 1 heterocycles. The first kappa shape index (κ1) is 10.4. The highest BCUT2D eigenvalue weighted by Crippen LogP contribution is 2.19. The van der Waals surface area contributed by atoms with E-state index in [0.717, 1.165) is 17.3 Å². The fourth-order valence-electron chi connectivity index (χ4n) is 1.76. The van der Waals surface area contributed by atoms with Crippen molar-refractivity contribution in [3.63, 3.8) is 0 Å². The van der Waals surface area contributed by atoms with E-state index in [4.69, 9.17) is 5.26 Å². The Balaban J connectivity index is 2.52. The standard InChI is InChI=1S/C13H12N2O/c1-2-4-12(16)11-7-9-5-3-6-10(8-14)13(9)15-11/h3,5-7,15H,2,4H2,1H3. The maximum absolute atomic E-state index is 11.7. The van der Waals surface area contributed by atoms with Gasteiger partial charge in [-0.15, -0.1) is 0 Å². The number of H-pyrrole nitrogens is 1. The van der Waals surface area contributed by atoms with Gasteiger partial charge in [0.05, 0.1) is 16.8 Å². The first-order valence-electron chi connectivity index (χ1n) is 5.31. The number of para-hydroxylation sites is 1. The second-order valence-corrected chi connectivity index (χ2v) is 3.74. The molecule has 0 aliphatic heterocycles. The lowest BCUT2D eigenvalue weighted by atomic mass is 10.1. The lowest BCUT2D eigenvalue weighted by molar-refractivity contribution is 0.0978. The molecule has 0 bridgehead atoms. The zero-order valence-corrected chi connectivity index (χ0v) is 9.08. The first-order chi connectivity index (χ1) is 7.76. The molecule has 0 aliphatic rings. The molecule has 3 heteroatoms. The van der Waals surface area contributed by atoms with E-state index >= 15 is 0 Å². The maximum Gasteiger partial charge on any atom is 0.179 e. The number of nitrogens with zero attached hydrogens (tertiary/aromatic N) is 1. The highest BCUT2D eigenvalue weighted by Gasteiger charge is 2.10. The van der Waals surface area contributed by atoms with Gasteiger partial charge in [0.1, 0.15) is 6.07 Å². The van der Waals surface area contributed by atoms with E-state index in [1.165, 1.54) is 0 Å². The number of ketones is 1. The quantitative estimate of drug-likeness (QED) is 0.795. The van der Waals surface area contributed by atoms with Crippen LogP contribution in [-0.4, -0.2) is 10.8 Å². The monoisotopic (exact) mass is 212 g/mol. The number of hydrogen-bond donors (Lipinski definition) is 1. The summed E-state index contributed by atoms with van der Waals surface area (Å²) in [5, 5.41) is 9.85. The van der Waals surface area contributed by atoms with Gasteiger partial charge in [-0.3, -0.25) is 4.79 Å². The highest BCUT2D eigenvalue weighted by molar-refractivity contribution is 6.00. The molecule has 2 rings (SSSR count). The summed E-state index contributed by atoms with van der Waals surface area (Å²) < 4.78 is 0. The highest BCUT2D eigenvalue weighted by atomic mass is 16.1. The van der Waals surface area contributed by atoms with Crippen molar-refractivity contribution >= 4 is 16.7 Å². The van der Waals surface area contributed by atoms with Crippen LogP contribution in [0.3, 0.4) is 0 Å². The van der Waals surface area contributed by atoms with Crippen LogP contribution < -0.4 is 0 Å². The topological polar surface area (TPSA) is 56.6 Å². The van der Waals surface area contributed by atoms with Crippen LogP contribution in [0.15, 0.2) is 24.3 Å². The maximum atomic E-state index is 11.7. The number of Topliss-reactive ketones (excluding diaryl/α,β-unsaturated/α-hetero) is 1. The molecule has 0 saturated carbocycles. The van der Waals surface area contributed by atoms with E-state index < -0.39 is 0 Å². The van der Waals surface area contributed by atoms with E-state index in [9.17, 15) is 4.79 Å². The second kappa shape index (κ2) is 4.19. The van der Waals surface area contributed by atoms with Gasteiger partial charge >= 0.3 is 0 Å². The lowest BCUT2D eigenvalue weighted by Gasteiger charge is -1.93. The largest absolute Gasteiger partial charge is 0.351 e. The molecule has 0 saturated heterocycles. The number of hydrogen-bond acceptors (Lipinski definition) is 2. The molecule has 0 unspecified atom stereocenters. The molecular weight excluding hydrogens is 200 g/mol. The van der Waals surface area contributed by atoms with Crippen LogP contribution in [0.4, 0.5) is 0 Å². The minimum absolute atomic E-state index is 0.0996. The predicted octanol–water partition coefficient (Wildman–Crippen LogP) is 3.02. The summed E-state index contributed by atoms with van der Waals surface area (Å²) >= 11 is 0. The molecule has 3 nitrogen and oxygen atoms in total. The average Bonchev–Trinajstić information content (AvgIpc) is 2.72.